The normalized spacial score (nSPS) is 11.4. The SMILES string of the molecule is CCc1nn2c(ncc3c(=O)n(-c4nccs4)ccc32)c1-c1ccc(OC)cc1. The third-order valence-corrected chi connectivity index (χ3v) is 5.69. The summed E-state index contributed by atoms with van der Waals surface area (Å²) in [6.07, 6.45) is 5.80. The minimum atomic E-state index is -0.161. The van der Waals surface area contributed by atoms with Crippen molar-refractivity contribution in [3.8, 4) is 22.0 Å². The van der Waals surface area contributed by atoms with Gasteiger partial charge in [0.15, 0.2) is 10.8 Å². The lowest BCUT2D eigenvalue weighted by Crippen LogP contribution is -2.18. The number of benzene rings is 1. The van der Waals surface area contributed by atoms with Crippen LogP contribution in [0.4, 0.5) is 0 Å². The van der Waals surface area contributed by atoms with Crippen molar-refractivity contribution in [1.82, 2.24) is 24.1 Å². The van der Waals surface area contributed by atoms with Crippen LogP contribution in [0.3, 0.4) is 0 Å². The average molecular weight is 403 g/mol. The van der Waals surface area contributed by atoms with Gasteiger partial charge in [0.05, 0.1) is 23.7 Å². The zero-order chi connectivity index (χ0) is 20.0. The maximum atomic E-state index is 13.0. The molecule has 0 saturated heterocycles. The first-order valence-electron chi connectivity index (χ1n) is 9.17. The Hall–Kier alpha value is -3.52. The number of nitrogens with zero attached hydrogens (tertiary/aromatic N) is 5. The summed E-state index contributed by atoms with van der Waals surface area (Å²) in [6, 6.07) is 9.73. The van der Waals surface area contributed by atoms with Gasteiger partial charge < -0.3 is 4.74 Å². The number of methoxy groups -OCH3 is 1. The Labute approximate surface area is 169 Å². The Balaban J connectivity index is 1.77. The number of ether oxygens (including phenoxy) is 1. The van der Waals surface area contributed by atoms with E-state index >= 15 is 0 Å². The maximum absolute atomic E-state index is 13.0. The van der Waals surface area contributed by atoms with E-state index in [2.05, 4.69) is 16.9 Å². The zero-order valence-corrected chi connectivity index (χ0v) is 16.7. The van der Waals surface area contributed by atoms with Crippen LogP contribution >= 0.6 is 11.3 Å². The molecule has 1 aromatic carbocycles. The van der Waals surface area contributed by atoms with E-state index < -0.39 is 0 Å². The molecular weight excluding hydrogens is 386 g/mol. The van der Waals surface area contributed by atoms with E-state index in [4.69, 9.17) is 9.84 Å². The third kappa shape index (κ3) is 2.72. The predicted molar refractivity (Wildman–Crippen MR) is 113 cm³/mol. The number of fused-ring (bicyclic) bond motifs is 3. The fourth-order valence-electron chi connectivity index (χ4n) is 3.50. The maximum Gasteiger partial charge on any atom is 0.267 e. The lowest BCUT2D eigenvalue weighted by atomic mass is 10.0. The Morgan fingerprint density at radius 3 is 2.66 bits per heavy atom. The summed E-state index contributed by atoms with van der Waals surface area (Å²) in [5, 5.41) is 7.75. The summed E-state index contributed by atoms with van der Waals surface area (Å²) < 4.78 is 8.57. The van der Waals surface area contributed by atoms with Crippen LogP contribution in [-0.4, -0.2) is 31.3 Å². The molecule has 0 radical (unpaired) electrons. The number of aromatic nitrogens is 5. The lowest BCUT2D eigenvalue weighted by molar-refractivity contribution is 0.415. The van der Waals surface area contributed by atoms with Crippen molar-refractivity contribution in [3.63, 3.8) is 0 Å². The van der Waals surface area contributed by atoms with Crippen LogP contribution in [0.25, 0.3) is 32.8 Å². The molecule has 0 bridgehead atoms. The van der Waals surface area contributed by atoms with Crippen molar-refractivity contribution in [3.05, 3.63) is 70.4 Å². The molecular formula is C21H17N5O2S. The van der Waals surface area contributed by atoms with Crippen LogP contribution in [0, 0.1) is 0 Å². The first-order valence-corrected chi connectivity index (χ1v) is 10.1. The Morgan fingerprint density at radius 1 is 1.14 bits per heavy atom. The predicted octanol–water partition coefficient (Wildman–Crippen LogP) is 3.73. The average Bonchev–Trinajstić information content (AvgIpc) is 3.42. The fraction of sp³-hybridized carbons (Fsp3) is 0.143. The minimum absolute atomic E-state index is 0.161. The summed E-state index contributed by atoms with van der Waals surface area (Å²) in [7, 11) is 1.65. The molecule has 0 N–H and O–H groups in total. The van der Waals surface area contributed by atoms with Crippen molar-refractivity contribution in [2.24, 2.45) is 0 Å². The molecule has 0 unspecified atom stereocenters. The van der Waals surface area contributed by atoms with Gasteiger partial charge >= 0.3 is 0 Å². The number of rotatable bonds is 4. The highest BCUT2D eigenvalue weighted by molar-refractivity contribution is 7.12. The zero-order valence-electron chi connectivity index (χ0n) is 15.9. The van der Waals surface area contributed by atoms with Crippen LogP contribution in [0.5, 0.6) is 5.75 Å². The molecule has 29 heavy (non-hydrogen) atoms. The second kappa shape index (κ2) is 6.82. The summed E-state index contributed by atoms with van der Waals surface area (Å²) >= 11 is 1.41. The first-order chi connectivity index (χ1) is 14.2. The van der Waals surface area contributed by atoms with Gasteiger partial charge in [-0.1, -0.05) is 19.1 Å². The highest BCUT2D eigenvalue weighted by Crippen LogP contribution is 2.30. The first kappa shape index (κ1) is 17.6. The van der Waals surface area contributed by atoms with Gasteiger partial charge in [-0.3, -0.25) is 9.36 Å². The van der Waals surface area contributed by atoms with Crippen molar-refractivity contribution < 1.29 is 4.74 Å². The molecule has 5 rings (SSSR count). The molecule has 0 spiro atoms. The van der Waals surface area contributed by atoms with Crippen molar-refractivity contribution >= 4 is 27.9 Å². The summed E-state index contributed by atoms with van der Waals surface area (Å²) in [6.45, 7) is 2.06. The molecule has 0 atom stereocenters. The Morgan fingerprint density at radius 2 is 1.97 bits per heavy atom. The third-order valence-electron chi connectivity index (χ3n) is 4.92. The van der Waals surface area contributed by atoms with Crippen molar-refractivity contribution in [1.29, 1.82) is 0 Å². The fourth-order valence-corrected chi connectivity index (χ4v) is 4.12. The van der Waals surface area contributed by atoms with Gasteiger partial charge in [0.1, 0.15) is 5.75 Å². The van der Waals surface area contributed by atoms with Crippen LogP contribution in [-0.2, 0) is 6.42 Å². The summed E-state index contributed by atoms with van der Waals surface area (Å²) in [5.74, 6) is 0.796. The molecule has 0 aliphatic carbocycles. The number of pyridine rings is 1. The number of hydrogen-bond donors (Lipinski definition) is 0. The molecule has 0 aliphatic heterocycles. The van der Waals surface area contributed by atoms with Crippen LogP contribution < -0.4 is 10.3 Å². The highest BCUT2D eigenvalue weighted by atomic mass is 32.1. The Kier molecular flexibility index (Phi) is 4.13. The number of hydrogen-bond acceptors (Lipinski definition) is 6. The van der Waals surface area contributed by atoms with Crippen molar-refractivity contribution in [2.45, 2.75) is 13.3 Å². The molecule has 5 aromatic rings. The number of thiazole rings is 1. The van der Waals surface area contributed by atoms with Crippen LogP contribution in [0.1, 0.15) is 12.6 Å². The van der Waals surface area contributed by atoms with Crippen LogP contribution in [0.15, 0.2) is 59.1 Å². The molecule has 144 valence electrons. The summed E-state index contributed by atoms with van der Waals surface area (Å²) in [4.78, 5) is 21.9. The van der Waals surface area contributed by atoms with Gasteiger partial charge in [0.2, 0.25) is 0 Å². The Bertz CT molecular complexity index is 1390. The minimum Gasteiger partial charge on any atom is -0.497 e. The molecule has 0 saturated carbocycles. The second-order valence-electron chi connectivity index (χ2n) is 6.50. The van der Waals surface area contributed by atoms with E-state index in [0.29, 0.717) is 10.5 Å². The van der Waals surface area contributed by atoms with E-state index in [9.17, 15) is 4.79 Å². The number of aryl methyl sites for hydroxylation is 1. The van der Waals surface area contributed by atoms with E-state index in [1.807, 2.05) is 35.7 Å². The van der Waals surface area contributed by atoms with Crippen molar-refractivity contribution in [2.75, 3.05) is 7.11 Å². The molecule has 0 fully saturated rings. The lowest BCUT2D eigenvalue weighted by Gasteiger charge is -2.06. The smallest absolute Gasteiger partial charge is 0.267 e. The molecule has 4 heterocycles. The molecule has 0 aliphatic rings. The molecule has 7 nitrogen and oxygen atoms in total. The van der Waals surface area contributed by atoms with Gasteiger partial charge in [-0.15, -0.1) is 11.3 Å². The quantitative estimate of drug-likeness (QED) is 0.457. The molecule has 0 amide bonds. The standard InChI is InChI=1S/C21H17N5O2S/c1-3-16-18(13-4-6-14(28-2)7-5-13)19-23-12-15-17(26(19)24-16)8-10-25(20(15)27)21-22-9-11-29-21/h4-12H,3H2,1-2H3. The van der Waals surface area contributed by atoms with Crippen LogP contribution in [0.2, 0.25) is 0 Å². The van der Waals surface area contributed by atoms with Gasteiger partial charge in [-0.2, -0.15) is 5.10 Å². The second-order valence-corrected chi connectivity index (χ2v) is 7.37. The topological polar surface area (TPSA) is 74.3 Å². The van der Waals surface area contributed by atoms with Gasteiger partial charge in [-0.05, 0) is 30.2 Å². The van der Waals surface area contributed by atoms with Gasteiger partial charge in [-0.25, -0.2) is 14.5 Å². The van der Waals surface area contributed by atoms with E-state index in [-0.39, 0.29) is 5.56 Å². The van der Waals surface area contributed by atoms with E-state index in [1.54, 1.807) is 30.2 Å². The molecule has 8 heteroatoms. The largest absolute Gasteiger partial charge is 0.497 e. The summed E-state index contributed by atoms with van der Waals surface area (Å²) in [5.41, 5.74) is 4.21. The van der Waals surface area contributed by atoms with E-state index in [0.717, 1.165) is 40.2 Å². The van der Waals surface area contributed by atoms with Gasteiger partial charge in [0.25, 0.3) is 5.56 Å². The molecule has 4 aromatic heterocycles. The van der Waals surface area contributed by atoms with E-state index in [1.165, 1.54) is 15.9 Å². The van der Waals surface area contributed by atoms with Gasteiger partial charge in [0, 0.05) is 29.5 Å². The monoisotopic (exact) mass is 403 g/mol. The highest BCUT2D eigenvalue weighted by Gasteiger charge is 2.18.